The smallest absolute Gasteiger partial charge is 0.254 e. The lowest BCUT2D eigenvalue weighted by Crippen LogP contribution is -2.37. The van der Waals surface area contributed by atoms with Crippen molar-refractivity contribution in [2.24, 2.45) is 0 Å². The van der Waals surface area contributed by atoms with Gasteiger partial charge in [-0.05, 0) is 49.6 Å². The maximum Gasteiger partial charge on any atom is 0.254 e. The molecule has 2 heterocycles. The lowest BCUT2D eigenvalue weighted by atomic mass is 10.1. The molecule has 146 valence electrons. The predicted molar refractivity (Wildman–Crippen MR) is 106 cm³/mol. The van der Waals surface area contributed by atoms with Gasteiger partial charge in [-0.25, -0.2) is 0 Å². The monoisotopic (exact) mass is 380 g/mol. The van der Waals surface area contributed by atoms with E-state index in [-0.39, 0.29) is 24.3 Å². The molecule has 2 N–H and O–H groups in total. The summed E-state index contributed by atoms with van der Waals surface area (Å²) in [5, 5.41) is 5.64. The van der Waals surface area contributed by atoms with E-state index in [1.807, 2.05) is 25.1 Å². The summed E-state index contributed by atoms with van der Waals surface area (Å²) in [5.74, 6) is -0.491. The maximum absolute atomic E-state index is 12.8. The standard InChI is InChI=1S/C21H24N4O3/c1-15-6-7-16(21(28)25-12-4-11-23-20(27)14-25)13-18(15)24-19(26)9-8-17-5-2-3-10-22-17/h2-3,5-7,10,13H,4,8-9,11-12,14H2,1H3,(H,23,27)(H,24,26). The molecular formula is C21H24N4O3. The Morgan fingerprint density at radius 3 is 2.89 bits per heavy atom. The van der Waals surface area contributed by atoms with Gasteiger partial charge < -0.3 is 15.5 Å². The van der Waals surface area contributed by atoms with Gasteiger partial charge in [0.1, 0.15) is 0 Å². The van der Waals surface area contributed by atoms with E-state index >= 15 is 0 Å². The molecule has 1 aliphatic rings. The van der Waals surface area contributed by atoms with Crippen molar-refractivity contribution >= 4 is 23.4 Å². The average molecular weight is 380 g/mol. The number of aryl methyl sites for hydroxylation is 2. The second-order valence-corrected chi connectivity index (χ2v) is 6.83. The lowest BCUT2D eigenvalue weighted by Gasteiger charge is -2.20. The summed E-state index contributed by atoms with van der Waals surface area (Å²) in [4.78, 5) is 42.6. The van der Waals surface area contributed by atoms with Crippen LogP contribution in [0.25, 0.3) is 0 Å². The number of carbonyl (C=O) groups excluding carboxylic acids is 3. The fourth-order valence-corrected chi connectivity index (χ4v) is 3.05. The van der Waals surface area contributed by atoms with Gasteiger partial charge in [0.2, 0.25) is 11.8 Å². The number of hydrogen-bond donors (Lipinski definition) is 2. The van der Waals surface area contributed by atoms with Gasteiger partial charge in [0, 0.05) is 42.7 Å². The summed E-state index contributed by atoms with van der Waals surface area (Å²) in [6.07, 6.45) is 3.28. The molecule has 7 nitrogen and oxygen atoms in total. The molecule has 1 fully saturated rings. The number of hydrogen-bond acceptors (Lipinski definition) is 4. The molecule has 7 heteroatoms. The number of rotatable bonds is 5. The first-order valence-corrected chi connectivity index (χ1v) is 9.39. The number of aromatic nitrogens is 1. The number of nitrogens with one attached hydrogen (secondary N) is 2. The summed E-state index contributed by atoms with van der Waals surface area (Å²) in [7, 11) is 0. The van der Waals surface area contributed by atoms with Gasteiger partial charge in [-0.15, -0.1) is 0 Å². The van der Waals surface area contributed by atoms with Crippen LogP contribution in [0.3, 0.4) is 0 Å². The Morgan fingerprint density at radius 1 is 1.25 bits per heavy atom. The molecule has 28 heavy (non-hydrogen) atoms. The number of benzene rings is 1. The molecule has 1 saturated heterocycles. The number of pyridine rings is 1. The summed E-state index contributed by atoms with van der Waals surface area (Å²) < 4.78 is 0. The topological polar surface area (TPSA) is 91.4 Å². The minimum atomic E-state index is -0.207. The van der Waals surface area contributed by atoms with Gasteiger partial charge in [0.15, 0.2) is 0 Å². The van der Waals surface area contributed by atoms with Crippen LogP contribution in [-0.4, -0.2) is 47.2 Å². The third-order valence-electron chi connectivity index (χ3n) is 4.64. The number of nitrogens with zero attached hydrogens (tertiary/aromatic N) is 2. The molecular weight excluding hydrogens is 356 g/mol. The van der Waals surface area contributed by atoms with E-state index in [1.54, 1.807) is 29.3 Å². The van der Waals surface area contributed by atoms with Gasteiger partial charge in [-0.2, -0.15) is 0 Å². The van der Waals surface area contributed by atoms with E-state index in [1.165, 1.54) is 0 Å². The maximum atomic E-state index is 12.8. The van der Waals surface area contributed by atoms with Crippen LogP contribution in [-0.2, 0) is 16.0 Å². The minimum Gasteiger partial charge on any atom is -0.354 e. The number of amides is 3. The molecule has 1 aromatic heterocycles. The first kappa shape index (κ1) is 19.5. The SMILES string of the molecule is Cc1ccc(C(=O)N2CCCNC(=O)C2)cc1NC(=O)CCc1ccccn1. The first-order chi connectivity index (χ1) is 13.5. The number of anilines is 1. The van der Waals surface area contributed by atoms with Crippen molar-refractivity contribution in [1.82, 2.24) is 15.2 Å². The lowest BCUT2D eigenvalue weighted by molar-refractivity contribution is -0.121. The van der Waals surface area contributed by atoms with Crippen molar-refractivity contribution in [2.75, 3.05) is 25.0 Å². The average Bonchev–Trinajstić information content (AvgIpc) is 2.93. The highest BCUT2D eigenvalue weighted by atomic mass is 16.2. The van der Waals surface area contributed by atoms with Crippen molar-refractivity contribution in [2.45, 2.75) is 26.2 Å². The minimum absolute atomic E-state index is 0.0540. The van der Waals surface area contributed by atoms with Crippen molar-refractivity contribution in [3.8, 4) is 0 Å². The Labute approximate surface area is 164 Å². The molecule has 0 bridgehead atoms. The Hall–Kier alpha value is -3.22. The van der Waals surface area contributed by atoms with Gasteiger partial charge in [-0.3, -0.25) is 19.4 Å². The van der Waals surface area contributed by atoms with Crippen molar-refractivity contribution in [3.63, 3.8) is 0 Å². The Balaban J connectivity index is 1.66. The molecule has 0 saturated carbocycles. The molecule has 3 amide bonds. The highest BCUT2D eigenvalue weighted by molar-refractivity contribution is 5.99. The normalized spacial score (nSPS) is 14.2. The van der Waals surface area contributed by atoms with Gasteiger partial charge in [0.05, 0.1) is 6.54 Å². The molecule has 0 aliphatic carbocycles. The van der Waals surface area contributed by atoms with E-state index in [0.29, 0.717) is 37.2 Å². The summed E-state index contributed by atoms with van der Waals surface area (Å²) in [6.45, 7) is 3.03. The molecule has 0 spiro atoms. The quantitative estimate of drug-likeness (QED) is 0.829. The van der Waals surface area contributed by atoms with Crippen LogP contribution in [0.5, 0.6) is 0 Å². The van der Waals surface area contributed by atoms with Crippen LogP contribution in [0.1, 0.15) is 34.5 Å². The van der Waals surface area contributed by atoms with E-state index in [9.17, 15) is 14.4 Å². The highest BCUT2D eigenvalue weighted by Crippen LogP contribution is 2.19. The van der Waals surface area contributed by atoms with E-state index < -0.39 is 0 Å². The largest absolute Gasteiger partial charge is 0.354 e. The molecule has 2 aromatic rings. The molecule has 0 radical (unpaired) electrons. The van der Waals surface area contributed by atoms with Crippen molar-refractivity contribution < 1.29 is 14.4 Å². The molecule has 0 unspecified atom stereocenters. The Kier molecular flexibility index (Phi) is 6.37. The zero-order chi connectivity index (χ0) is 19.9. The van der Waals surface area contributed by atoms with Crippen molar-refractivity contribution in [1.29, 1.82) is 0 Å². The van der Waals surface area contributed by atoms with Crippen LogP contribution < -0.4 is 10.6 Å². The third kappa shape index (κ3) is 5.16. The zero-order valence-corrected chi connectivity index (χ0v) is 15.9. The second-order valence-electron chi connectivity index (χ2n) is 6.83. The zero-order valence-electron chi connectivity index (χ0n) is 15.9. The van der Waals surface area contributed by atoms with Crippen LogP contribution in [0.4, 0.5) is 5.69 Å². The summed E-state index contributed by atoms with van der Waals surface area (Å²) >= 11 is 0. The van der Waals surface area contributed by atoms with E-state index in [2.05, 4.69) is 15.6 Å². The van der Waals surface area contributed by atoms with Gasteiger partial charge >= 0.3 is 0 Å². The first-order valence-electron chi connectivity index (χ1n) is 9.39. The van der Waals surface area contributed by atoms with E-state index in [0.717, 1.165) is 17.7 Å². The fourth-order valence-electron chi connectivity index (χ4n) is 3.05. The molecule has 1 aliphatic heterocycles. The molecule has 3 rings (SSSR count). The highest BCUT2D eigenvalue weighted by Gasteiger charge is 2.21. The molecule has 1 aromatic carbocycles. The summed E-state index contributed by atoms with van der Waals surface area (Å²) in [6, 6.07) is 10.8. The number of carbonyl (C=O) groups is 3. The van der Waals surface area contributed by atoms with Crippen molar-refractivity contribution in [3.05, 3.63) is 59.4 Å². The van der Waals surface area contributed by atoms with Crippen LogP contribution in [0.15, 0.2) is 42.6 Å². The van der Waals surface area contributed by atoms with Gasteiger partial charge in [-0.1, -0.05) is 12.1 Å². The third-order valence-corrected chi connectivity index (χ3v) is 4.64. The van der Waals surface area contributed by atoms with Gasteiger partial charge in [0.25, 0.3) is 5.91 Å². The Morgan fingerprint density at radius 2 is 2.11 bits per heavy atom. The Bertz CT molecular complexity index is 867. The fraction of sp³-hybridized carbons (Fsp3) is 0.333. The van der Waals surface area contributed by atoms with Crippen LogP contribution in [0.2, 0.25) is 0 Å². The van der Waals surface area contributed by atoms with Crippen LogP contribution in [0, 0.1) is 6.92 Å². The van der Waals surface area contributed by atoms with E-state index in [4.69, 9.17) is 0 Å². The predicted octanol–water partition coefficient (Wildman–Crippen LogP) is 1.92. The van der Waals surface area contributed by atoms with Crippen LogP contribution >= 0.6 is 0 Å². The second kappa shape index (κ2) is 9.12. The summed E-state index contributed by atoms with van der Waals surface area (Å²) in [5.41, 5.74) is 2.80. The molecule has 0 atom stereocenters.